The number of hydrogen-bond donors (Lipinski definition) is 0. The van der Waals surface area contributed by atoms with Gasteiger partial charge in [0.05, 0.1) is 6.26 Å². The van der Waals surface area contributed by atoms with Gasteiger partial charge in [0.1, 0.15) is 4.90 Å². The predicted octanol–water partition coefficient (Wildman–Crippen LogP) is 2.50. The lowest BCUT2D eigenvalue weighted by molar-refractivity contribution is 0.444. The van der Waals surface area contributed by atoms with E-state index in [-0.39, 0.29) is 4.90 Å². The summed E-state index contributed by atoms with van der Waals surface area (Å²) in [7, 11) is -3.73. The first-order valence-corrected chi connectivity index (χ1v) is 5.56. The largest absolute Gasteiger partial charge is 0.388 e. The van der Waals surface area contributed by atoms with E-state index < -0.39 is 10.1 Å². The topological polar surface area (TPSA) is 43.4 Å². The van der Waals surface area contributed by atoms with E-state index in [1.165, 1.54) is 18.2 Å². The van der Waals surface area contributed by atoms with Crippen molar-refractivity contribution in [3.8, 4) is 0 Å². The molecule has 0 fully saturated rings. The van der Waals surface area contributed by atoms with Crippen molar-refractivity contribution in [2.45, 2.75) is 11.8 Å². The molecule has 1 aromatic carbocycles. The minimum absolute atomic E-state index is 0.0688. The third kappa shape index (κ3) is 2.27. The summed E-state index contributed by atoms with van der Waals surface area (Å²) in [6.45, 7) is 4.90. The molecule has 0 saturated carbocycles. The fourth-order valence-electron chi connectivity index (χ4n) is 0.918. The molecule has 5 heteroatoms. The molecule has 0 saturated heterocycles. The smallest absolute Gasteiger partial charge is 0.338 e. The molecule has 76 valence electrons. The molecule has 0 unspecified atom stereocenters. The van der Waals surface area contributed by atoms with E-state index in [0.29, 0.717) is 10.6 Å². The zero-order chi connectivity index (χ0) is 10.8. The zero-order valence-corrected chi connectivity index (χ0v) is 9.10. The zero-order valence-electron chi connectivity index (χ0n) is 7.53. The van der Waals surface area contributed by atoms with Crippen LogP contribution < -0.4 is 0 Å². The van der Waals surface area contributed by atoms with Gasteiger partial charge in [0.15, 0.2) is 0 Å². The molecule has 1 aromatic rings. The summed E-state index contributed by atoms with van der Waals surface area (Å²) in [5, 5.41) is 0.516. The van der Waals surface area contributed by atoms with Crippen LogP contribution in [0.15, 0.2) is 35.9 Å². The average Bonchev–Trinajstić information content (AvgIpc) is 2.09. The fourth-order valence-corrected chi connectivity index (χ4v) is 1.88. The van der Waals surface area contributed by atoms with Crippen LogP contribution in [0.5, 0.6) is 0 Å². The van der Waals surface area contributed by atoms with Crippen molar-refractivity contribution < 1.29 is 12.6 Å². The summed E-state index contributed by atoms with van der Waals surface area (Å²) in [6.07, 6.45) is 0.874. The Morgan fingerprint density at radius 1 is 1.50 bits per heavy atom. The Kier molecular flexibility index (Phi) is 3.18. The third-order valence-corrected chi connectivity index (χ3v) is 3.26. The average molecular weight is 233 g/mol. The van der Waals surface area contributed by atoms with Gasteiger partial charge in [0.2, 0.25) is 0 Å². The molecular formula is C9H9ClO3S. The van der Waals surface area contributed by atoms with Gasteiger partial charge in [-0.25, -0.2) is 0 Å². The SMILES string of the molecule is C=COS(=O)(=O)c1ccc(Cl)c(C)c1. The Morgan fingerprint density at radius 2 is 2.14 bits per heavy atom. The lowest BCUT2D eigenvalue weighted by Crippen LogP contribution is -2.02. The lowest BCUT2D eigenvalue weighted by Gasteiger charge is -2.04. The Bertz CT molecular complexity index is 451. The van der Waals surface area contributed by atoms with Gasteiger partial charge in [-0.05, 0) is 30.7 Å². The number of aryl methyl sites for hydroxylation is 1. The van der Waals surface area contributed by atoms with Crippen molar-refractivity contribution >= 4 is 21.7 Å². The van der Waals surface area contributed by atoms with E-state index in [1.54, 1.807) is 6.92 Å². The van der Waals surface area contributed by atoms with E-state index in [0.717, 1.165) is 6.26 Å². The Balaban J connectivity index is 3.21. The highest BCUT2D eigenvalue weighted by atomic mass is 35.5. The second-order valence-electron chi connectivity index (χ2n) is 2.63. The summed E-state index contributed by atoms with van der Waals surface area (Å²) in [5.74, 6) is 0. The molecule has 0 aliphatic rings. The minimum atomic E-state index is -3.73. The summed E-state index contributed by atoms with van der Waals surface area (Å²) < 4.78 is 27.1. The summed E-state index contributed by atoms with van der Waals surface area (Å²) in [5.41, 5.74) is 0.681. The Labute approximate surface area is 88.1 Å². The van der Waals surface area contributed by atoms with Crippen molar-refractivity contribution in [2.24, 2.45) is 0 Å². The van der Waals surface area contributed by atoms with E-state index in [4.69, 9.17) is 11.6 Å². The normalized spacial score (nSPS) is 11.0. The second-order valence-corrected chi connectivity index (χ2v) is 4.61. The first-order valence-electron chi connectivity index (χ1n) is 3.78. The fraction of sp³-hybridized carbons (Fsp3) is 0.111. The summed E-state index contributed by atoms with van der Waals surface area (Å²) >= 11 is 5.75. The predicted molar refractivity (Wildman–Crippen MR) is 54.7 cm³/mol. The van der Waals surface area contributed by atoms with Crippen LogP contribution in [0.3, 0.4) is 0 Å². The Hall–Kier alpha value is -1.00. The van der Waals surface area contributed by atoms with Crippen molar-refractivity contribution in [3.63, 3.8) is 0 Å². The number of halogens is 1. The molecule has 0 atom stereocenters. The third-order valence-electron chi connectivity index (χ3n) is 1.61. The van der Waals surface area contributed by atoms with Crippen LogP contribution in [0, 0.1) is 6.92 Å². The maximum absolute atomic E-state index is 11.4. The van der Waals surface area contributed by atoms with Crippen molar-refractivity contribution in [1.29, 1.82) is 0 Å². The van der Waals surface area contributed by atoms with Crippen LogP contribution >= 0.6 is 11.6 Å². The molecule has 0 heterocycles. The van der Waals surface area contributed by atoms with Crippen molar-refractivity contribution in [1.82, 2.24) is 0 Å². The number of rotatable bonds is 3. The van der Waals surface area contributed by atoms with Crippen LogP contribution in [0.25, 0.3) is 0 Å². The van der Waals surface area contributed by atoms with Gasteiger partial charge in [-0.15, -0.1) is 0 Å². The van der Waals surface area contributed by atoms with E-state index >= 15 is 0 Å². The van der Waals surface area contributed by atoms with E-state index in [2.05, 4.69) is 10.8 Å². The van der Waals surface area contributed by atoms with Crippen LogP contribution in [-0.2, 0) is 14.3 Å². The number of benzene rings is 1. The second kappa shape index (κ2) is 4.02. The van der Waals surface area contributed by atoms with Gasteiger partial charge in [-0.3, -0.25) is 0 Å². The van der Waals surface area contributed by atoms with Crippen molar-refractivity contribution in [2.75, 3.05) is 0 Å². The molecule has 1 rings (SSSR count). The Morgan fingerprint density at radius 3 is 2.64 bits per heavy atom. The van der Waals surface area contributed by atoms with E-state index in [9.17, 15) is 8.42 Å². The van der Waals surface area contributed by atoms with Crippen molar-refractivity contribution in [3.05, 3.63) is 41.6 Å². The first-order chi connectivity index (χ1) is 6.47. The molecule has 0 bridgehead atoms. The van der Waals surface area contributed by atoms with Gasteiger partial charge in [-0.1, -0.05) is 18.2 Å². The minimum Gasteiger partial charge on any atom is -0.388 e. The van der Waals surface area contributed by atoms with Crippen LogP contribution in [0.1, 0.15) is 5.56 Å². The van der Waals surface area contributed by atoms with Crippen LogP contribution in [-0.4, -0.2) is 8.42 Å². The molecule has 0 aliphatic carbocycles. The van der Waals surface area contributed by atoms with Gasteiger partial charge in [-0.2, -0.15) is 8.42 Å². The quantitative estimate of drug-likeness (QED) is 0.594. The number of hydrogen-bond acceptors (Lipinski definition) is 3. The van der Waals surface area contributed by atoms with Crippen LogP contribution in [0.4, 0.5) is 0 Å². The molecule has 14 heavy (non-hydrogen) atoms. The lowest BCUT2D eigenvalue weighted by atomic mass is 10.2. The summed E-state index contributed by atoms with van der Waals surface area (Å²) in [6, 6.07) is 4.34. The van der Waals surface area contributed by atoms with E-state index in [1.807, 2.05) is 0 Å². The summed E-state index contributed by atoms with van der Waals surface area (Å²) in [4.78, 5) is 0.0688. The molecule has 0 amide bonds. The molecule has 0 aromatic heterocycles. The molecule has 0 aliphatic heterocycles. The highest BCUT2D eigenvalue weighted by Crippen LogP contribution is 2.20. The van der Waals surface area contributed by atoms with Gasteiger partial charge in [0, 0.05) is 5.02 Å². The molecule has 0 radical (unpaired) electrons. The molecule has 0 spiro atoms. The molecule has 0 N–H and O–H groups in total. The van der Waals surface area contributed by atoms with Crippen LogP contribution in [0.2, 0.25) is 5.02 Å². The maximum Gasteiger partial charge on any atom is 0.338 e. The van der Waals surface area contributed by atoms with Gasteiger partial charge >= 0.3 is 10.1 Å². The first kappa shape index (κ1) is 11.1. The monoisotopic (exact) mass is 232 g/mol. The maximum atomic E-state index is 11.4. The molecule has 3 nitrogen and oxygen atoms in total. The van der Waals surface area contributed by atoms with Gasteiger partial charge < -0.3 is 4.18 Å². The standard InChI is InChI=1S/C9H9ClO3S/c1-3-13-14(11,12)8-4-5-9(10)7(2)6-8/h3-6H,1H2,2H3. The highest BCUT2D eigenvalue weighted by Gasteiger charge is 2.14. The molecular weight excluding hydrogens is 224 g/mol. The highest BCUT2D eigenvalue weighted by molar-refractivity contribution is 7.86. The van der Waals surface area contributed by atoms with Gasteiger partial charge in [0.25, 0.3) is 0 Å².